The maximum Gasteiger partial charge on any atom is 0.232 e. The molecule has 0 radical (unpaired) electrons. The highest BCUT2D eigenvalue weighted by Crippen LogP contribution is 2.38. The van der Waals surface area contributed by atoms with E-state index < -0.39 is 0 Å². The number of benzene rings is 3. The Morgan fingerprint density at radius 2 is 1.72 bits per heavy atom. The van der Waals surface area contributed by atoms with Crippen LogP contribution < -0.4 is 9.47 Å². The summed E-state index contributed by atoms with van der Waals surface area (Å²) in [5.74, 6) is 1.10. The third kappa shape index (κ3) is 4.13. The van der Waals surface area contributed by atoms with Gasteiger partial charge in [0.15, 0.2) is 5.76 Å². The van der Waals surface area contributed by atoms with Crippen molar-refractivity contribution in [3.8, 4) is 11.5 Å². The minimum absolute atomic E-state index is 0.168. The zero-order valence-corrected chi connectivity index (χ0v) is 17.6. The summed E-state index contributed by atoms with van der Waals surface area (Å²) < 4.78 is 11.7. The molecule has 0 saturated carbocycles. The van der Waals surface area contributed by atoms with Crippen LogP contribution in [-0.4, -0.2) is 5.78 Å². The van der Waals surface area contributed by atoms with Gasteiger partial charge in [0.05, 0.1) is 5.56 Å². The maximum absolute atomic E-state index is 12.8. The highest BCUT2D eigenvalue weighted by molar-refractivity contribution is 6.36. The number of allylic oxidation sites excluding steroid dienone is 1. The summed E-state index contributed by atoms with van der Waals surface area (Å²) in [6.07, 6.45) is 1.68. The fraction of sp³-hybridized carbons (Fsp3) is 0.0870. The van der Waals surface area contributed by atoms with E-state index in [1.54, 1.807) is 48.5 Å². The standard InChI is InChI=1S/C23H15Cl3O3/c1-13-8-16(28-12-17-18(25)6-3-7-19(17)26)11-20-22(13)23(27)21(29-20)10-14-4-2-5-15(24)9-14/h2-11H,12H2,1H3/b21-10-. The Morgan fingerprint density at radius 1 is 1.00 bits per heavy atom. The molecule has 4 rings (SSSR count). The number of ketones is 1. The third-order valence-corrected chi connectivity index (χ3v) is 5.48. The van der Waals surface area contributed by atoms with E-state index in [-0.39, 0.29) is 18.1 Å². The Hall–Kier alpha value is -2.46. The number of hydrogen-bond donors (Lipinski definition) is 0. The molecule has 29 heavy (non-hydrogen) atoms. The molecule has 1 heterocycles. The number of carbonyl (C=O) groups is 1. The molecule has 0 bridgehead atoms. The summed E-state index contributed by atoms with van der Waals surface area (Å²) in [6.45, 7) is 2.05. The topological polar surface area (TPSA) is 35.5 Å². The molecule has 0 spiro atoms. The van der Waals surface area contributed by atoms with Gasteiger partial charge < -0.3 is 9.47 Å². The molecule has 0 aromatic heterocycles. The van der Waals surface area contributed by atoms with Gasteiger partial charge in [0, 0.05) is 26.7 Å². The van der Waals surface area contributed by atoms with E-state index in [2.05, 4.69) is 0 Å². The first-order valence-corrected chi connectivity index (χ1v) is 9.96. The van der Waals surface area contributed by atoms with Crippen molar-refractivity contribution in [2.75, 3.05) is 0 Å². The van der Waals surface area contributed by atoms with Crippen molar-refractivity contribution in [2.45, 2.75) is 13.5 Å². The Labute approximate surface area is 183 Å². The monoisotopic (exact) mass is 444 g/mol. The first-order valence-electron chi connectivity index (χ1n) is 8.82. The van der Waals surface area contributed by atoms with E-state index in [0.717, 1.165) is 11.1 Å². The predicted molar refractivity (Wildman–Crippen MR) is 116 cm³/mol. The van der Waals surface area contributed by atoms with Gasteiger partial charge in [-0.25, -0.2) is 0 Å². The number of fused-ring (bicyclic) bond motifs is 1. The number of rotatable bonds is 4. The van der Waals surface area contributed by atoms with Gasteiger partial charge in [0.25, 0.3) is 0 Å². The van der Waals surface area contributed by atoms with Crippen LogP contribution in [0.2, 0.25) is 15.1 Å². The van der Waals surface area contributed by atoms with E-state index in [1.165, 1.54) is 0 Å². The Bertz CT molecular complexity index is 1130. The van der Waals surface area contributed by atoms with Crippen LogP contribution in [0.25, 0.3) is 6.08 Å². The molecule has 0 aliphatic carbocycles. The highest BCUT2D eigenvalue weighted by Gasteiger charge is 2.30. The van der Waals surface area contributed by atoms with Gasteiger partial charge in [0.1, 0.15) is 18.1 Å². The molecule has 1 aliphatic rings. The number of hydrogen-bond acceptors (Lipinski definition) is 3. The van der Waals surface area contributed by atoms with Gasteiger partial charge in [-0.2, -0.15) is 0 Å². The van der Waals surface area contributed by atoms with Crippen molar-refractivity contribution >= 4 is 46.7 Å². The molecule has 146 valence electrons. The predicted octanol–water partition coefficient (Wildman–Crippen LogP) is 7.15. The molecule has 3 nitrogen and oxygen atoms in total. The van der Waals surface area contributed by atoms with Gasteiger partial charge in [-0.05, 0) is 54.5 Å². The van der Waals surface area contributed by atoms with E-state index in [0.29, 0.717) is 37.7 Å². The Morgan fingerprint density at radius 3 is 2.45 bits per heavy atom. The Balaban J connectivity index is 1.59. The lowest BCUT2D eigenvalue weighted by atomic mass is 10.0. The normalized spacial score (nSPS) is 14.1. The van der Waals surface area contributed by atoms with Crippen molar-refractivity contribution < 1.29 is 14.3 Å². The van der Waals surface area contributed by atoms with Crippen LogP contribution in [0.15, 0.2) is 60.4 Å². The van der Waals surface area contributed by atoms with Gasteiger partial charge in [0.2, 0.25) is 5.78 Å². The van der Waals surface area contributed by atoms with Crippen LogP contribution in [0.5, 0.6) is 11.5 Å². The van der Waals surface area contributed by atoms with Crippen LogP contribution in [-0.2, 0) is 6.61 Å². The molecule has 0 N–H and O–H groups in total. The van der Waals surface area contributed by atoms with Gasteiger partial charge in [-0.3, -0.25) is 4.79 Å². The van der Waals surface area contributed by atoms with Crippen LogP contribution in [0.3, 0.4) is 0 Å². The summed E-state index contributed by atoms with van der Waals surface area (Å²) in [5, 5.41) is 1.66. The van der Waals surface area contributed by atoms with Crippen molar-refractivity contribution in [1.29, 1.82) is 0 Å². The van der Waals surface area contributed by atoms with Crippen molar-refractivity contribution in [1.82, 2.24) is 0 Å². The summed E-state index contributed by atoms with van der Waals surface area (Å²) >= 11 is 18.4. The molecule has 6 heteroatoms. The first kappa shape index (κ1) is 19.8. The van der Waals surface area contributed by atoms with Crippen molar-refractivity contribution in [2.24, 2.45) is 0 Å². The lowest BCUT2D eigenvalue weighted by Gasteiger charge is -2.11. The van der Waals surface area contributed by atoms with Crippen LogP contribution in [0.4, 0.5) is 0 Å². The number of carbonyl (C=O) groups excluding carboxylic acids is 1. The summed E-state index contributed by atoms with van der Waals surface area (Å²) in [6, 6.07) is 16.0. The van der Waals surface area contributed by atoms with E-state index in [4.69, 9.17) is 44.3 Å². The average Bonchev–Trinajstić information content (AvgIpc) is 2.97. The third-order valence-electron chi connectivity index (χ3n) is 4.53. The van der Waals surface area contributed by atoms with Crippen molar-refractivity contribution in [3.05, 3.63) is 97.7 Å². The molecule has 0 fully saturated rings. The zero-order valence-electron chi connectivity index (χ0n) is 15.3. The smallest absolute Gasteiger partial charge is 0.232 e. The van der Waals surface area contributed by atoms with Gasteiger partial charge in [-0.15, -0.1) is 0 Å². The quantitative estimate of drug-likeness (QED) is 0.400. The van der Waals surface area contributed by atoms with Crippen LogP contribution >= 0.6 is 34.8 Å². The Kier molecular flexibility index (Phi) is 5.55. The molecule has 0 saturated heterocycles. The second-order valence-electron chi connectivity index (χ2n) is 6.60. The second kappa shape index (κ2) is 8.11. The highest BCUT2D eigenvalue weighted by atomic mass is 35.5. The molecular formula is C23H15Cl3O3. The zero-order chi connectivity index (χ0) is 20.5. The number of aryl methyl sites for hydroxylation is 1. The molecule has 3 aromatic rings. The minimum atomic E-state index is -0.168. The molecule has 0 amide bonds. The maximum atomic E-state index is 12.8. The van der Waals surface area contributed by atoms with E-state index in [9.17, 15) is 4.79 Å². The fourth-order valence-electron chi connectivity index (χ4n) is 3.13. The average molecular weight is 446 g/mol. The molecule has 3 aromatic carbocycles. The summed E-state index contributed by atoms with van der Waals surface area (Å²) in [5.41, 5.74) is 2.78. The van der Waals surface area contributed by atoms with Crippen molar-refractivity contribution in [3.63, 3.8) is 0 Å². The van der Waals surface area contributed by atoms with Gasteiger partial charge in [-0.1, -0.05) is 53.0 Å². The SMILES string of the molecule is Cc1cc(OCc2c(Cl)cccc2Cl)cc2c1C(=O)/C(=C/c1cccc(Cl)c1)O2. The largest absolute Gasteiger partial charge is 0.489 e. The summed E-state index contributed by atoms with van der Waals surface area (Å²) in [4.78, 5) is 12.8. The second-order valence-corrected chi connectivity index (χ2v) is 7.85. The van der Waals surface area contributed by atoms with E-state index >= 15 is 0 Å². The number of halogens is 3. The first-order chi connectivity index (χ1) is 13.9. The molecule has 0 unspecified atom stereocenters. The summed E-state index contributed by atoms with van der Waals surface area (Å²) in [7, 11) is 0. The minimum Gasteiger partial charge on any atom is -0.489 e. The van der Waals surface area contributed by atoms with Crippen LogP contribution in [0, 0.1) is 6.92 Å². The van der Waals surface area contributed by atoms with Crippen LogP contribution in [0.1, 0.15) is 27.0 Å². The number of ether oxygens (including phenoxy) is 2. The lowest BCUT2D eigenvalue weighted by Crippen LogP contribution is -2.00. The molecule has 1 aliphatic heterocycles. The number of Topliss-reactive ketones (excluding diaryl/α,β-unsaturated/α-hetero) is 1. The molecular weight excluding hydrogens is 431 g/mol. The fourth-order valence-corrected chi connectivity index (χ4v) is 3.84. The molecule has 0 atom stereocenters. The lowest BCUT2D eigenvalue weighted by molar-refractivity contribution is 0.101. The van der Waals surface area contributed by atoms with E-state index in [1.807, 2.05) is 19.1 Å². The van der Waals surface area contributed by atoms with Gasteiger partial charge >= 0.3 is 0 Å².